The Hall–Kier alpha value is -2.13. The maximum Gasteiger partial charge on any atom is 0.233 e. The number of hydrogen-bond donors (Lipinski definition) is 1. The number of likely N-dealkylation sites (N-methyl/N-ethyl adjacent to an activating group) is 1. The first-order valence-corrected chi connectivity index (χ1v) is 8.78. The third-order valence-electron chi connectivity index (χ3n) is 5.12. The molecule has 3 nitrogen and oxygen atoms in total. The molecule has 0 atom stereocenters. The normalized spacial score (nSPS) is 16.5. The number of carbonyl (C=O) groups is 1. The second-order valence-corrected chi connectivity index (χ2v) is 6.66. The van der Waals surface area contributed by atoms with Crippen LogP contribution in [0.5, 0.6) is 0 Å². The number of amides is 1. The van der Waals surface area contributed by atoms with E-state index in [0.29, 0.717) is 0 Å². The van der Waals surface area contributed by atoms with Gasteiger partial charge in [-0.1, -0.05) is 60.7 Å². The number of nitrogens with zero attached hydrogens (tertiary/aromatic N) is 1. The van der Waals surface area contributed by atoms with Crippen molar-refractivity contribution >= 4 is 5.91 Å². The largest absolute Gasteiger partial charge is 0.345 e. The van der Waals surface area contributed by atoms with Crippen molar-refractivity contribution in [1.82, 2.24) is 10.2 Å². The minimum absolute atomic E-state index is 0.256. The number of benzene rings is 2. The number of rotatable bonds is 5. The number of nitrogens with one attached hydrogen (secondary N) is 1. The average molecular weight is 322 g/mol. The highest BCUT2D eigenvalue weighted by molar-refractivity contribution is 5.88. The van der Waals surface area contributed by atoms with Crippen LogP contribution in [-0.4, -0.2) is 37.5 Å². The van der Waals surface area contributed by atoms with Crippen molar-refractivity contribution < 1.29 is 4.79 Å². The van der Waals surface area contributed by atoms with E-state index in [4.69, 9.17) is 0 Å². The molecule has 0 aromatic heterocycles. The van der Waals surface area contributed by atoms with E-state index in [1.807, 2.05) is 36.2 Å². The molecule has 2 aromatic rings. The zero-order chi connectivity index (χ0) is 16.8. The molecule has 0 bridgehead atoms. The molecule has 1 amide bonds. The Morgan fingerprint density at radius 3 is 2.21 bits per heavy atom. The quantitative estimate of drug-likeness (QED) is 0.918. The van der Waals surface area contributed by atoms with E-state index in [-0.39, 0.29) is 11.3 Å². The first-order valence-electron chi connectivity index (χ1n) is 8.78. The first kappa shape index (κ1) is 16.7. The third kappa shape index (κ3) is 3.51. The maximum atomic E-state index is 13.3. The Morgan fingerprint density at radius 1 is 1.00 bits per heavy atom. The third-order valence-corrected chi connectivity index (χ3v) is 5.12. The summed E-state index contributed by atoms with van der Waals surface area (Å²) in [5.41, 5.74) is 2.05. The van der Waals surface area contributed by atoms with Crippen molar-refractivity contribution in [3.63, 3.8) is 0 Å². The highest BCUT2D eigenvalue weighted by Gasteiger charge is 2.42. The van der Waals surface area contributed by atoms with Crippen molar-refractivity contribution in [3.8, 4) is 0 Å². The van der Waals surface area contributed by atoms with Gasteiger partial charge in [-0.05, 0) is 43.5 Å². The highest BCUT2D eigenvalue weighted by atomic mass is 16.2. The second-order valence-electron chi connectivity index (χ2n) is 6.66. The molecule has 0 spiro atoms. The lowest BCUT2D eigenvalue weighted by atomic mass is 9.72. The molecular formula is C21H26N2O. The Kier molecular flexibility index (Phi) is 5.31. The minimum atomic E-state index is -0.377. The molecule has 1 N–H and O–H groups in total. The van der Waals surface area contributed by atoms with Gasteiger partial charge < -0.3 is 10.2 Å². The summed E-state index contributed by atoms with van der Waals surface area (Å²) in [6, 6.07) is 20.7. The van der Waals surface area contributed by atoms with Gasteiger partial charge in [0, 0.05) is 13.6 Å². The Balaban J connectivity index is 1.76. The summed E-state index contributed by atoms with van der Waals surface area (Å²) < 4.78 is 0. The molecule has 24 heavy (non-hydrogen) atoms. The van der Waals surface area contributed by atoms with Crippen LogP contribution in [0.25, 0.3) is 0 Å². The summed E-state index contributed by atoms with van der Waals surface area (Å²) in [6.45, 7) is 2.55. The van der Waals surface area contributed by atoms with Crippen LogP contribution in [0.1, 0.15) is 24.0 Å². The molecule has 2 aromatic carbocycles. The van der Waals surface area contributed by atoms with Crippen LogP contribution in [0.2, 0.25) is 0 Å². The molecule has 126 valence electrons. The summed E-state index contributed by atoms with van der Waals surface area (Å²) in [7, 11) is 1.94. The summed E-state index contributed by atoms with van der Waals surface area (Å²) >= 11 is 0. The first-order chi connectivity index (χ1) is 11.7. The molecule has 1 fully saturated rings. The van der Waals surface area contributed by atoms with Gasteiger partial charge in [-0.2, -0.15) is 0 Å². The summed E-state index contributed by atoms with van der Waals surface area (Å²) in [4.78, 5) is 15.3. The van der Waals surface area contributed by atoms with E-state index in [9.17, 15) is 4.79 Å². The summed E-state index contributed by atoms with van der Waals surface area (Å²) in [5.74, 6) is 0.256. The molecule has 3 heteroatoms. The van der Waals surface area contributed by atoms with Gasteiger partial charge in [0.1, 0.15) is 0 Å². The van der Waals surface area contributed by atoms with Gasteiger partial charge in [0.05, 0.1) is 5.41 Å². The maximum absolute atomic E-state index is 13.3. The molecule has 0 unspecified atom stereocenters. The van der Waals surface area contributed by atoms with Crippen LogP contribution >= 0.6 is 0 Å². The number of hydrogen-bond acceptors (Lipinski definition) is 2. The van der Waals surface area contributed by atoms with Gasteiger partial charge in [0.2, 0.25) is 5.91 Å². The van der Waals surface area contributed by atoms with Crippen LogP contribution < -0.4 is 5.32 Å². The Bertz CT molecular complexity index is 648. The van der Waals surface area contributed by atoms with Crippen LogP contribution in [-0.2, 0) is 16.6 Å². The Morgan fingerprint density at radius 2 is 1.58 bits per heavy atom. The standard InChI is InChI=1S/C21H26N2O/c1-23(17-12-18-8-4-2-5-9-18)20(24)21(13-15-22-16-14-21)19-10-6-3-7-11-19/h2-11,22H,12-17H2,1H3. The lowest BCUT2D eigenvalue weighted by Gasteiger charge is -2.39. The molecule has 0 saturated carbocycles. The second kappa shape index (κ2) is 7.63. The predicted molar refractivity (Wildman–Crippen MR) is 98.0 cm³/mol. The van der Waals surface area contributed by atoms with Crippen molar-refractivity contribution in [3.05, 3.63) is 71.8 Å². The predicted octanol–water partition coefficient (Wildman–Crippen LogP) is 3.01. The van der Waals surface area contributed by atoms with Gasteiger partial charge >= 0.3 is 0 Å². The fraction of sp³-hybridized carbons (Fsp3) is 0.381. The lowest BCUT2D eigenvalue weighted by molar-refractivity contribution is -0.137. The number of carbonyl (C=O) groups excluding carboxylic acids is 1. The van der Waals surface area contributed by atoms with Crippen molar-refractivity contribution in [1.29, 1.82) is 0 Å². The van der Waals surface area contributed by atoms with Crippen LogP contribution in [0.4, 0.5) is 0 Å². The molecule has 0 radical (unpaired) electrons. The van der Waals surface area contributed by atoms with Crippen molar-refractivity contribution in [2.45, 2.75) is 24.7 Å². The van der Waals surface area contributed by atoms with Crippen molar-refractivity contribution in [2.75, 3.05) is 26.7 Å². The van der Waals surface area contributed by atoms with E-state index < -0.39 is 0 Å². The highest BCUT2D eigenvalue weighted by Crippen LogP contribution is 2.35. The van der Waals surface area contributed by atoms with Gasteiger partial charge in [-0.15, -0.1) is 0 Å². The SMILES string of the molecule is CN(CCc1ccccc1)C(=O)C1(c2ccccc2)CCNCC1. The lowest BCUT2D eigenvalue weighted by Crippen LogP contribution is -2.51. The van der Waals surface area contributed by atoms with E-state index >= 15 is 0 Å². The van der Waals surface area contributed by atoms with Gasteiger partial charge in [-0.25, -0.2) is 0 Å². The molecular weight excluding hydrogens is 296 g/mol. The smallest absolute Gasteiger partial charge is 0.233 e. The van der Waals surface area contributed by atoms with Gasteiger partial charge in [0.15, 0.2) is 0 Å². The molecule has 0 aliphatic carbocycles. The summed E-state index contributed by atoms with van der Waals surface area (Å²) in [5, 5.41) is 3.39. The zero-order valence-electron chi connectivity index (χ0n) is 14.4. The zero-order valence-corrected chi connectivity index (χ0v) is 14.4. The topological polar surface area (TPSA) is 32.3 Å². The minimum Gasteiger partial charge on any atom is -0.345 e. The van der Waals surface area contributed by atoms with E-state index in [1.165, 1.54) is 5.56 Å². The fourth-order valence-electron chi connectivity index (χ4n) is 3.65. The Labute approximate surface area is 144 Å². The van der Waals surface area contributed by atoms with Gasteiger partial charge in [0.25, 0.3) is 0 Å². The van der Waals surface area contributed by atoms with Gasteiger partial charge in [-0.3, -0.25) is 4.79 Å². The van der Waals surface area contributed by atoms with Crippen LogP contribution in [0.15, 0.2) is 60.7 Å². The monoisotopic (exact) mass is 322 g/mol. The van der Waals surface area contributed by atoms with Crippen molar-refractivity contribution in [2.24, 2.45) is 0 Å². The van der Waals surface area contributed by atoms with E-state index in [2.05, 4.69) is 41.7 Å². The molecule has 1 heterocycles. The number of piperidine rings is 1. The molecule has 1 aliphatic heterocycles. The fourth-order valence-corrected chi connectivity index (χ4v) is 3.65. The average Bonchev–Trinajstić information content (AvgIpc) is 2.67. The van der Waals surface area contributed by atoms with Crippen LogP contribution in [0.3, 0.4) is 0 Å². The van der Waals surface area contributed by atoms with E-state index in [0.717, 1.165) is 44.5 Å². The van der Waals surface area contributed by atoms with Crippen LogP contribution in [0, 0.1) is 0 Å². The summed E-state index contributed by atoms with van der Waals surface area (Å²) in [6.07, 6.45) is 2.63. The molecule has 3 rings (SSSR count). The molecule has 1 aliphatic rings. The van der Waals surface area contributed by atoms with E-state index in [1.54, 1.807) is 0 Å². The molecule has 1 saturated heterocycles.